The Morgan fingerprint density at radius 2 is 1.75 bits per heavy atom. The fraction of sp³-hybridized carbons (Fsp3) is 0.517. The van der Waals surface area contributed by atoms with E-state index < -0.39 is 11.6 Å². The topological polar surface area (TPSA) is 82.6 Å². The summed E-state index contributed by atoms with van der Waals surface area (Å²) in [4.78, 5) is 47.8. The Balaban J connectivity index is 2.09. The standard InChI is InChI=1S/C29H40N4O3/c1-8-24(34)32-17-15-21(19-32)27(36)33(23-13-11-22(12-14-23)28(2,3)4)25(20-10-9-16-30-18-20)26(35)31-29(5,6)7/h9-14,16,18,21,25H,8,15,17,19H2,1-7H3,(H,31,35). The van der Waals surface area contributed by atoms with Crippen LogP contribution in [0.5, 0.6) is 0 Å². The van der Waals surface area contributed by atoms with Crippen LogP contribution in [0.1, 0.15) is 78.5 Å². The van der Waals surface area contributed by atoms with Crippen molar-refractivity contribution in [2.75, 3.05) is 18.0 Å². The first-order valence-electron chi connectivity index (χ1n) is 12.7. The fourth-order valence-corrected chi connectivity index (χ4v) is 4.53. The molecule has 1 aromatic heterocycles. The van der Waals surface area contributed by atoms with Gasteiger partial charge in [0.1, 0.15) is 6.04 Å². The van der Waals surface area contributed by atoms with Crippen molar-refractivity contribution >= 4 is 23.4 Å². The Kier molecular flexibility index (Phi) is 8.22. The third-order valence-corrected chi connectivity index (χ3v) is 6.45. The molecule has 36 heavy (non-hydrogen) atoms. The molecule has 0 aliphatic carbocycles. The second-order valence-corrected chi connectivity index (χ2v) is 11.6. The second-order valence-electron chi connectivity index (χ2n) is 11.6. The summed E-state index contributed by atoms with van der Waals surface area (Å²) in [5, 5.41) is 3.06. The van der Waals surface area contributed by atoms with Crippen molar-refractivity contribution in [2.45, 2.75) is 78.3 Å². The lowest BCUT2D eigenvalue weighted by Gasteiger charge is -2.35. The maximum absolute atomic E-state index is 14.2. The van der Waals surface area contributed by atoms with Crippen LogP contribution in [0.2, 0.25) is 0 Å². The summed E-state index contributed by atoms with van der Waals surface area (Å²) in [6.45, 7) is 14.9. The lowest BCUT2D eigenvalue weighted by Crippen LogP contribution is -2.51. The number of nitrogens with zero attached hydrogens (tertiary/aromatic N) is 3. The van der Waals surface area contributed by atoms with Gasteiger partial charge in [-0.1, -0.05) is 45.9 Å². The zero-order valence-corrected chi connectivity index (χ0v) is 22.7. The van der Waals surface area contributed by atoms with Gasteiger partial charge in [-0.3, -0.25) is 24.3 Å². The van der Waals surface area contributed by atoms with E-state index in [1.807, 2.05) is 58.0 Å². The van der Waals surface area contributed by atoms with Crippen molar-refractivity contribution in [1.82, 2.24) is 15.2 Å². The normalized spacial score (nSPS) is 17.0. The third kappa shape index (κ3) is 6.50. The molecule has 7 nitrogen and oxygen atoms in total. The monoisotopic (exact) mass is 492 g/mol. The minimum Gasteiger partial charge on any atom is -0.349 e. The van der Waals surface area contributed by atoms with Gasteiger partial charge < -0.3 is 10.2 Å². The molecule has 1 N–H and O–H groups in total. The highest BCUT2D eigenvalue weighted by Gasteiger charge is 2.40. The first kappa shape index (κ1) is 27.4. The Morgan fingerprint density at radius 1 is 1.08 bits per heavy atom. The first-order valence-corrected chi connectivity index (χ1v) is 12.7. The van der Waals surface area contributed by atoms with E-state index >= 15 is 0 Å². The molecule has 0 radical (unpaired) electrons. The van der Waals surface area contributed by atoms with Gasteiger partial charge in [0.2, 0.25) is 17.7 Å². The maximum atomic E-state index is 14.2. The fourth-order valence-electron chi connectivity index (χ4n) is 4.53. The second kappa shape index (κ2) is 10.8. The summed E-state index contributed by atoms with van der Waals surface area (Å²) in [6, 6.07) is 10.5. The predicted molar refractivity (Wildman–Crippen MR) is 142 cm³/mol. The zero-order valence-electron chi connectivity index (χ0n) is 22.7. The van der Waals surface area contributed by atoms with Crippen molar-refractivity contribution in [3.05, 3.63) is 59.9 Å². The number of benzene rings is 1. The quantitative estimate of drug-likeness (QED) is 0.638. The van der Waals surface area contributed by atoms with Crippen molar-refractivity contribution < 1.29 is 14.4 Å². The maximum Gasteiger partial charge on any atom is 0.248 e. The van der Waals surface area contributed by atoms with E-state index in [0.29, 0.717) is 37.2 Å². The molecule has 194 valence electrons. The number of pyridine rings is 1. The van der Waals surface area contributed by atoms with Crippen LogP contribution in [0, 0.1) is 5.92 Å². The van der Waals surface area contributed by atoms with Crippen LogP contribution in [-0.4, -0.2) is 46.2 Å². The molecule has 7 heteroatoms. The molecule has 3 amide bonds. The average Bonchev–Trinajstić information content (AvgIpc) is 3.31. The molecule has 2 heterocycles. The number of anilines is 1. The van der Waals surface area contributed by atoms with E-state index in [-0.39, 0.29) is 29.1 Å². The van der Waals surface area contributed by atoms with Crippen molar-refractivity contribution in [3.63, 3.8) is 0 Å². The van der Waals surface area contributed by atoms with Gasteiger partial charge in [-0.2, -0.15) is 0 Å². The summed E-state index contributed by atoms with van der Waals surface area (Å²) in [5.74, 6) is -0.781. The summed E-state index contributed by atoms with van der Waals surface area (Å²) < 4.78 is 0. The summed E-state index contributed by atoms with van der Waals surface area (Å²) >= 11 is 0. The molecule has 1 saturated heterocycles. The number of likely N-dealkylation sites (tertiary alicyclic amines) is 1. The third-order valence-electron chi connectivity index (χ3n) is 6.45. The van der Waals surface area contributed by atoms with Gasteiger partial charge in [0.25, 0.3) is 0 Å². The summed E-state index contributed by atoms with van der Waals surface area (Å²) in [6.07, 6.45) is 4.27. The minimum absolute atomic E-state index is 0.0423. The van der Waals surface area contributed by atoms with Crippen LogP contribution in [0.3, 0.4) is 0 Å². The summed E-state index contributed by atoms with van der Waals surface area (Å²) in [7, 11) is 0. The van der Waals surface area contributed by atoms with Crippen LogP contribution in [-0.2, 0) is 19.8 Å². The molecule has 0 bridgehead atoms. The Morgan fingerprint density at radius 3 is 2.28 bits per heavy atom. The molecule has 1 aliphatic rings. The highest BCUT2D eigenvalue weighted by atomic mass is 16.2. The van der Waals surface area contributed by atoms with Crippen LogP contribution < -0.4 is 10.2 Å². The van der Waals surface area contributed by atoms with Gasteiger partial charge in [-0.25, -0.2) is 0 Å². The predicted octanol–water partition coefficient (Wildman–Crippen LogP) is 4.63. The number of hydrogen-bond donors (Lipinski definition) is 1. The molecular weight excluding hydrogens is 452 g/mol. The Hall–Kier alpha value is -3.22. The molecule has 2 unspecified atom stereocenters. The number of carbonyl (C=O) groups is 3. The van der Waals surface area contributed by atoms with Crippen molar-refractivity contribution in [1.29, 1.82) is 0 Å². The zero-order chi connectivity index (χ0) is 26.7. The Labute approximate surface area is 215 Å². The molecule has 1 aliphatic heterocycles. The van der Waals surface area contributed by atoms with E-state index in [0.717, 1.165) is 5.56 Å². The van der Waals surface area contributed by atoms with Crippen LogP contribution >= 0.6 is 0 Å². The highest BCUT2D eigenvalue weighted by molar-refractivity contribution is 6.03. The van der Waals surface area contributed by atoms with Crippen LogP contribution in [0.25, 0.3) is 0 Å². The van der Waals surface area contributed by atoms with E-state index in [1.165, 1.54) is 0 Å². The van der Waals surface area contributed by atoms with Gasteiger partial charge in [0.15, 0.2) is 0 Å². The van der Waals surface area contributed by atoms with Crippen molar-refractivity contribution in [2.24, 2.45) is 5.92 Å². The lowest BCUT2D eigenvalue weighted by molar-refractivity contribution is -0.131. The molecule has 2 aromatic rings. The smallest absolute Gasteiger partial charge is 0.248 e. The van der Waals surface area contributed by atoms with Gasteiger partial charge in [0, 0.05) is 48.7 Å². The van der Waals surface area contributed by atoms with Crippen molar-refractivity contribution in [3.8, 4) is 0 Å². The Bertz CT molecular complexity index is 1070. The molecule has 1 fully saturated rings. The molecular formula is C29H40N4O3. The first-order chi connectivity index (χ1) is 16.8. The lowest BCUT2D eigenvalue weighted by atomic mass is 9.87. The van der Waals surface area contributed by atoms with E-state index in [1.54, 1.807) is 28.3 Å². The number of carbonyl (C=O) groups excluding carboxylic acids is 3. The highest BCUT2D eigenvalue weighted by Crippen LogP contribution is 2.33. The van der Waals surface area contributed by atoms with Gasteiger partial charge >= 0.3 is 0 Å². The van der Waals surface area contributed by atoms with Gasteiger partial charge in [-0.15, -0.1) is 0 Å². The van der Waals surface area contributed by atoms with E-state index in [4.69, 9.17) is 0 Å². The van der Waals surface area contributed by atoms with Crippen LogP contribution in [0.15, 0.2) is 48.8 Å². The molecule has 1 aromatic carbocycles. The number of rotatable bonds is 6. The number of amides is 3. The average molecular weight is 493 g/mol. The van der Waals surface area contributed by atoms with E-state index in [9.17, 15) is 14.4 Å². The molecule has 2 atom stereocenters. The summed E-state index contributed by atoms with van der Waals surface area (Å²) in [5.41, 5.74) is 1.88. The van der Waals surface area contributed by atoms with Gasteiger partial charge in [-0.05, 0) is 56.4 Å². The SMILES string of the molecule is CCC(=O)N1CCC(C(=O)N(c2ccc(C(C)(C)C)cc2)C(C(=O)NC(C)(C)C)c2cccnc2)C1. The number of nitrogens with one attached hydrogen (secondary N) is 1. The van der Waals surface area contributed by atoms with Gasteiger partial charge in [0.05, 0.1) is 5.92 Å². The van der Waals surface area contributed by atoms with Crippen LogP contribution in [0.4, 0.5) is 5.69 Å². The number of hydrogen-bond acceptors (Lipinski definition) is 4. The van der Waals surface area contributed by atoms with E-state index in [2.05, 4.69) is 31.1 Å². The molecule has 0 spiro atoms. The largest absolute Gasteiger partial charge is 0.349 e. The molecule has 0 saturated carbocycles. The number of aromatic nitrogens is 1. The molecule has 3 rings (SSSR count). The minimum atomic E-state index is -0.901.